The van der Waals surface area contributed by atoms with Crippen LogP contribution in [0.4, 0.5) is 17.2 Å². The number of thiophene rings is 1. The monoisotopic (exact) mass is 792 g/mol. The van der Waals surface area contributed by atoms with Gasteiger partial charge in [-0.2, -0.15) is 0 Å². The molecular formula is C53H40N4SSi. The third-order valence-corrected chi connectivity index (χ3v) is 19.1. The maximum Gasteiger partial charge on any atom is 0.179 e. The van der Waals surface area contributed by atoms with E-state index in [4.69, 9.17) is 9.97 Å². The number of hydrogen-bond donors (Lipinski definition) is 0. The quantitative estimate of drug-likeness (QED) is 0.129. The summed E-state index contributed by atoms with van der Waals surface area (Å²) in [5, 5.41) is 8.03. The van der Waals surface area contributed by atoms with Gasteiger partial charge in [0.15, 0.2) is 8.07 Å². The summed E-state index contributed by atoms with van der Waals surface area (Å²) in [5.74, 6) is 2.38. The molecule has 2 aliphatic heterocycles. The summed E-state index contributed by atoms with van der Waals surface area (Å²) in [5.41, 5.74) is 7.15. The second-order valence-corrected chi connectivity index (χ2v) is 21.5. The molecule has 1 aliphatic carbocycles. The van der Waals surface area contributed by atoms with Gasteiger partial charge in [-0.15, -0.1) is 11.3 Å². The van der Waals surface area contributed by atoms with Crippen LogP contribution in [0.3, 0.4) is 0 Å². The van der Waals surface area contributed by atoms with Gasteiger partial charge in [-0.05, 0) is 74.3 Å². The van der Waals surface area contributed by atoms with Crippen molar-refractivity contribution in [2.75, 3.05) is 4.90 Å². The SMILES string of the molecule is CC1(C)c2cc3c(cc2N(c2cccc([Si](C4=CC5c6nccn6-c6ccccc6C5C=C4)(c4ccccc4)c4ccccc4)c2)c2ncccc21)sc1ccccc13. The van der Waals surface area contributed by atoms with Gasteiger partial charge in [0.2, 0.25) is 0 Å². The van der Waals surface area contributed by atoms with Crippen LogP contribution in [0.5, 0.6) is 0 Å². The van der Waals surface area contributed by atoms with Crippen molar-refractivity contribution in [3.05, 3.63) is 222 Å². The van der Waals surface area contributed by atoms with Crippen molar-refractivity contribution >= 4 is 72.3 Å². The molecule has 0 spiro atoms. The molecule has 3 aliphatic rings. The Bertz CT molecular complexity index is 3140. The van der Waals surface area contributed by atoms with Crippen LogP contribution in [0.2, 0.25) is 0 Å². The first kappa shape index (κ1) is 34.4. The molecule has 282 valence electrons. The Morgan fingerprint density at radius 2 is 1.34 bits per heavy atom. The number of aromatic nitrogens is 3. The number of hydrogen-bond acceptors (Lipinski definition) is 4. The predicted octanol–water partition coefficient (Wildman–Crippen LogP) is 11.1. The van der Waals surface area contributed by atoms with Crippen LogP contribution in [-0.4, -0.2) is 22.6 Å². The van der Waals surface area contributed by atoms with Crippen LogP contribution in [0.15, 0.2) is 200 Å². The fraction of sp³-hybridized carbons (Fsp3) is 0.0943. The topological polar surface area (TPSA) is 34.0 Å². The second-order valence-electron chi connectivity index (χ2n) is 16.6. The van der Waals surface area contributed by atoms with Gasteiger partial charge in [0.05, 0.1) is 11.4 Å². The normalized spacial score (nSPS) is 17.5. The minimum absolute atomic E-state index is 0.0957. The van der Waals surface area contributed by atoms with E-state index < -0.39 is 8.07 Å². The van der Waals surface area contributed by atoms with E-state index in [1.807, 2.05) is 23.7 Å². The van der Waals surface area contributed by atoms with Crippen LogP contribution >= 0.6 is 11.3 Å². The minimum atomic E-state index is -2.97. The average Bonchev–Trinajstić information content (AvgIpc) is 3.93. The van der Waals surface area contributed by atoms with Crippen molar-refractivity contribution < 1.29 is 0 Å². The summed E-state index contributed by atoms with van der Waals surface area (Å²) < 4.78 is 4.90. The van der Waals surface area contributed by atoms with Crippen molar-refractivity contribution in [2.45, 2.75) is 31.1 Å². The molecule has 0 bridgehead atoms. The smallest absolute Gasteiger partial charge is 0.179 e. The molecule has 6 aromatic carbocycles. The van der Waals surface area contributed by atoms with Crippen molar-refractivity contribution in [1.29, 1.82) is 0 Å². The number of para-hydroxylation sites is 1. The van der Waals surface area contributed by atoms with Gasteiger partial charge in [0, 0.05) is 67.3 Å². The maximum atomic E-state index is 5.18. The maximum absolute atomic E-state index is 5.18. The van der Waals surface area contributed by atoms with Gasteiger partial charge >= 0.3 is 0 Å². The Morgan fingerprint density at radius 1 is 0.593 bits per heavy atom. The van der Waals surface area contributed by atoms with Crippen molar-refractivity contribution in [1.82, 2.24) is 14.5 Å². The largest absolute Gasteiger partial charge is 0.303 e. The fourth-order valence-corrected chi connectivity index (χ4v) is 16.5. The molecule has 0 N–H and O–H groups in total. The van der Waals surface area contributed by atoms with E-state index in [9.17, 15) is 0 Å². The Balaban J connectivity index is 1.11. The van der Waals surface area contributed by atoms with E-state index >= 15 is 0 Å². The number of pyridine rings is 1. The summed E-state index contributed by atoms with van der Waals surface area (Å²) >= 11 is 1.87. The number of rotatable bonds is 5. The highest BCUT2D eigenvalue weighted by atomic mass is 32.1. The first-order valence-electron chi connectivity index (χ1n) is 20.5. The first-order valence-corrected chi connectivity index (χ1v) is 23.3. The highest BCUT2D eigenvalue weighted by Gasteiger charge is 2.46. The Labute approximate surface area is 349 Å². The molecule has 2 atom stereocenters. The van der Waals surface area contributed by atoms with Gasteiger partial charge in [-0.25, -0.2) is 9.97 Å². The molecule has 6 heteroatoms. The Morgan fingerprint density at radius 3 is 2.17 bits per heavy atom. The van der Waals surface area contributed by atoms with Crippen LogP contribution in [-0.2, 0) is 5.41 Å². The van der Waals surface area contributed by atoms with Crippen LogP contribution in [0.1, 0.15) is 48.2 Å². The molecule has 4 nitrogen and oxygen atoms in total. The van der Waals surface area contributed by atoms with E-state index in [0.29, 0.717) is 0 Å². The highest BCUT2D eigenvalue weighted by molar-refractivity contribution is 7.25. The molecular weight excluding hydrogens is 753 g/mol. The standard InChI is InChI=1S/C53H40N4SSi/c1-53(2)45-23-14-28-54-52(45)57(48-34-50-43(33-46(48)53)42-22-10-12-25-49(42)58-50)35-15-13-20-38(31-35)59(36-16-5-3-6-17-36,37-18-7-4-8-19-37)39-26-27-40-41-21-9-11-24-47(41)56-30-29-55-51(56)44(40)32-39/h3-34,40,44H,1-2H3. The number of allylic oxidation sites excluding steroid dienone is 4. The fourth-order valence-electron chi connectivity index (χ4n) is 10.5. The number of fused-ring (bicyclic) bond motifs is 11. The second kappa shape index (κ2) is 13.0. The average molecular weight is 793 g/mol. The Kier molecular flexibility index (Phi) is 7.56. The molecule has 0 amide bonds. The molecule has 3 aromatic heterocycles. The molecule has 2 unspecified atom stereocenters. The predicted molar refractivity (Wildman–Crippen MR) is 248 cm³/mol. The van der Waals surface area contributed by atoms with E-state index in [0.717, 1.165) is 17.3 Å². The minimum Gasteiger partial charge on any atom is -0.303 e. The lowest BCUT2D eigenvalue weighted by molar-refractivity contribution is 0.628. The lowest BCUT2D eigenvalue weighted by Gasteiger charge is -2.42. The van der Waals surface area contributed by atoms with E-state index in [2.05, 4.69) is 205 Å². The zero-order valence-corrected chi connectivity index (χ0v) is 34.6. The van der Waals surface area contributed by atoms with Crippen LogP contribution in [0, 0.1) is 0 Å². The zero-order chi connectivity index (χ0) is 39.3. The van der Waals surface area contributed by atoms with E-state index in [1.54, 1.807) is 0 Å². The highest BCUT2D eigenvalue weighted by Crippen LogP contribution is 2.53. The summed E-state index contributed by atoms with van der Waals surface area (Å²) in [7, 11) is -2.97. The molecule has 12 rings (SSSR count). The summed E-state index contributed by atoms with van der Waals surface area (Å²) in [6.07, 6.45) is 13.5. The van der Waals surface area contributed by atoms with E-state index in [-0.39, 0.29) is 17.3 Å². The summed E-state index contributed by atoms with van der Waals surface area (Å²) in [6.45, 7) is 4.71. The molecule has 0 saturated carbocycles. The number of anilines is 3. The van der Waals surface area contributed by atoms with Gasteiger partial charge in [0.25, 0.3) is 0 Å². The lowest BCUT2D eigenvalue weighted by atomic mass is 9.74. The summed E-state index contributed by atoms with van der Waals surface area (Å²) in [6, 6.07) is 58.9. The number of benzene rings is 6. The zero-order valence-electron chi connectivity index (χ0n) is 32.8. The van der Waals surface area contributed by atoms with Crippen molar-refractivity contribution in [3.63, 3.8) is 0 Å². The van der Waals surface area contributed by atoms with E-state index in [1.165, 1.54) is 69.0 Å². The molecule has 0 radical (unpaired) electrons. The Hall–Kier alpha value is -6.60. The van der Waals surface area contributed by atoms with Gasteiger partial charge in [-0.3, -0.25) is 4.90 Å². The lowest BCUT2D eigenvalue weighted by Crippen LogP contribution is -2.68. The number of nitrogens with zero attached hydrogens (tertiary/aromatic N) is 4. The van der Waals surface area contributed by atoms with Crippen molar-refractivity contribution in [2.24, 2.45) is 0 Å². The van der Waals surface area contributed by atoms with Crippen LogP contribution in [0.25, 0.3) is 25.9 Å². The molecule has 59 heavy (non-hydrogen) atoms. The molecule has 9 aromatic rings. The molecule has 0 fully saturated rings. The number of imidazole rings is 1. The summed E-state index contributed by atoms with van der Waals surface area (Å²) in [4.78, 5) is 12.6. The molecule has 5 heterocycles. The third-order valence-electron chi connectivity index (χ3n) is 13.2. The van der Waals surface area contributed by atoms with Crippen molar-refractivity contribution in [3.8, 4) is 5.69 Å². The van der Waals surface area contributed by atoms with Gasteiger partial charge in [0.1, 0.15) is 11.6 Å². The molecule has 0 saturated heterocycles. The van der Waals surface area contributed by atoms with Crippen LogP contribution < -0.4 is 20.5 Å². The van der Waals surface area contributed by atoms with Gasteiger partial charge < -0.3 is 4.57 Å². The van der Waals surface area contributed by atoms with Gasteiger partial charge in [-0.1, -0.05) is 147 Å². The first-order chi connectivity index (χ1) is 29.0. The third kappa shape index (κ3) is 4.94.